The lowest BCUT2D eigenvalue weighted by Crippen LogP contribution is -2.30. The fourth-order valence-corrected chi connectivity index (χ4v) is 3.22. The normalized spacial score (nSPS) is 11.6. The molecule has 0 spiro atoms. The average molecular weight is 367 g/mol. The molecule has 7 heteroatoms. The molecule has 1 N–H and O–H groups in total. The first-order chi connectivity index (χ1) is 12.6. The third-order valence-electron chi connectivity index (χ3n) is 3.58. The lowest BCUT2D eigenvalue weighted by molar-refractivity contribution is -0.122. The number of para-hydroxylation sites is 1. The summed E-state index contributed by atoms with van der Waals surface area (Å²) < 4.78 is 12.0. The summed E-state index contributed by atoms with van der Waals surface area (Å²) >= 11 is 1.37. The maximum atomic E-state index is 12.4. The highest BCUT2D eigenvalue weighted by Gasteiger charge is 2.18. The number of carbonyl (C=O) groups is 1. The van der Waals surface area contributed by atoms with E-state index in [0.29, 0.717) is 23.1 Å². The summed E-state index contributed by atoms with van der Waals surface area (Å²) in [5.41, 5.74) is 1.17. The van der Waals surface area contributed by atoms with E-state index < -0.39 is 6.10 Å². The van der Waals surface area contributed by atoms with Crippen LogP contribution in [0.1, 0.15) is 19.4 Å². The fourth-order valence-electron chi connectivity index (χ4n) is 2.33. The molecule has 0 radical (unpaired) electrons. The predicted octanol–water partition coefficient (Wildman–Crippen LogP) is 3.97. The first kappa shape index (κ1) is 17.7. The van der Waals surface area contributed by atoms with E-state index in [1.54, 1.807) is 31.2 Å². The van der Waals surface area contributed by atoms with Crippen LogP contribution in [0, 0.1) is 11.3 Å². The number of hydrogen-bond donors (Lipinski definition) is 1. The Balaban J connectivity index is 1.71. The molecule has 132 valence electrons. The van der Waals surface area contributed by atoms with Gasteiger partial charge >= 0.3 is 0 Å². The molecule has 0 saturated heterocycles. The molecule has 6 nitrogen and oxygen atoms in total. The minimum absolute atomic E-state index is 0.332. The van der Waals surface area contributed by atoms with Crippen molar-refractivity contribution < 1.29 is 14.3 Å². The second-order valence-electron chi connectivity index (χ2n) is 5.44. The zero-order valence-corrected chi connectivity index (χ0v) is 15.2. The van der Waals surface area contributed by atoms with Crippen molar-refractivity contribution in [3.05, 3.63) is 48.0 Å². The van der Waals surface area contributed by atoms with Gasteiger partial charge in [-0.3, -0.25) is 10.1 Å². The van der Waals surface area contributed by atoms with E-state index in [2.05, 4.69) is 10.3 Å². The Bertz CT molecular complexity index is 978. The highest BCUT2D eigenvalue weighted by molar-refractivity contribution is 7.22. The molecule has 1 amide bonds. The summed E-state index contributed by atoms with van der Waals surface area (Å²) in [6.45, 7) is 4.14. The average Bonchev–Trinajstić information content (AvgIpc) is 3.03. The Kier molecular flexibility index (Phi) is 5.34. The quantitative estimate of drug-likeness (QED) is 0.712. The van der Waals surface area contributed by atoms with Crippen molar-refractivity contribution in [1.29, 1.82) is 5.26 Å². The van der Waals surface area contributed by atoms with Crippen LogP contribution in [0.2, 0.25) is 0 Å². The number of aromatic nitrogens is 1. The van der Waals surface area contributed by atoms with Gasteiger partial charge in [0, 0.05) is 0 Å². The van der Waals surface area contributed by atoms with Gasteiger partial charge < -0.3 is 9.47 Å². The van der Waals surface area contributed by atoms with E-state index in [0.717, 1.165) is 16.0 Å². The molecule has 1 unspecified atom stereocenters. The molecule has 0 aliphatic heterocycles. The van der Waals surface area contributed by atoms with Crippen molar-refractivity contribution in [2.45, 2.75) is 20.0 Å². The Morgan fingerprint density at radius 3 is 2.92 bits per heavy atom. The number of hydrogen-bond acceptors (Lipinski definition) is 6. The predicted molar refractivity (Wildman–Crippen MR) is 101 cm³/mol. The van der Waals surface area contributed by atoms with E-state index in [-0.39, 0.29) is 5.91 Å². The number of benzene rings is 2. The van der Waals surface area contributed by atoms with Gasteiger partial charge in [-0.1, -0.05) is 23.5 Å². The molecular weight excluding hydrogens is 350 g/mol. The third-order valence-corrected chi connectivity index (χ3v) is 4.52. The molecule has 0 bridgehead atoms. The van der Waals surface area contributed by atoms with Crippen molar-refractivity contribution in [3.8, 4) is 17.6 Å². The maximum Gasteiger partial charge on any atom is 0.266 e. The number of nitrogens with zero attached hydrogens (tertiary/aromatic N) is 2. The van der Waals surface area contributed by atoms with Crippen LogP contribution < -0.4 is 14.8 Å². The number of fused-ring (bicyclic) bond motifs is 1. The van der Waals surface area contributed by atoms with Crippen molar-refractivity contribution >= 4 is 32.6 Å². The lowest BCUT2D eigenvalue weighted by atomic mass is 10.2. The second-order valence-corrected chi connectivity index (χ2v) is 6.47. The Hall–Kier alpha value is -3.11. The number of amides is 1. The maximum absolute atomic E-state index is 12.4. The molecule has 1 atom stereocenters. The molecule has 2 aromatic carbocycles. The van der Waals surface area contributed by atoms with Crippen LogP contribution in [0.25, 0.3) is 10.2 Å². The summed E-state index contributed by atoms with van der Waals surface area (Å²) in [6.07, 6.45) is -0.768. The van der Waals surface area contributed by atoms with Crippen LogP contribution in [0.5, 0.6) is 11.5 Å². The molecule has 1 aromatic heterocycles. The smallest absolute Gasteiger partial charge is 0.266 e. The standard InChI is InChI=1S/C19H17N3O3S/c1-3-24-14-8-9-15-17(10-14)26-19(21-15)22-18(23)12(2)25-16-7-5-4-6-13(16)11-20/h4-10,12H,3H2,1-2H3,(H,21,22,23). The molecule has 0 saturated carbocycles. The van der Waals surface area contributed by atoms with Gasteiger partial charge in [-0.2, -0.15) is 5.26 Å². The van der Waals surface area contributed by atoms with E-state index in [1.165, 1.54) is 11.3 Å². The molecule has 0 aliphatic carbocycles. The van der Waals surface area contributed by atoms with Gasteiger partial charge in [-0.15, -0.1) is 0 Å². The van der Waals surface area contributed by atoms with Gasteiger partial charge in [0.25, 0.3) is 5.91 Å². The Morgan fingerprint density at radius 1 is 1.35 bits per heavy atom. The molecule has 26 heavy (non-hydrogen) atoms. The summed E-state index contributed by atoms with van der Waals surface area (Å²) in [5, 5.41) is 12.3. The van der Waals surface area contributed by atoms with Crippen LogP contribution in [0.15, 0.2) is 42.5 Å². The summed E-state index contributed by atoms with van der Waals surface area (Å²) in [7, 11) is 0. The zero-order chi connectivity index (χ0) is 18.5. The van der Waals surface area contributed by atoms with Gasteiger partial charge in [0.2, 0.25) is 0 Å². The van der Waals surface area contributed by atoms with E-state index in [1.807, 2.05) is 31.2 Å². The summed E-state index contributed by atoms with van der Waals surface area (Å²) in [4.78, 5) is 16.8. The molecule has 1 heterocycles. The molecule has 0 fully saturated rings. The topological polar surface area (TPSA) is 84.2 Å². The minimum atomic E-state index is -0.768. The van der Waals surface area contributed by atoms with Crippen LogP contribution in [-0.4, -0.2) is 23.6 Å². The molecule has 3 rings (SSSR count). The number of thiazole rings is 1. The highest BCUT2D eigenvalue weighted by atomic mass is 32.1. The number of anilines is 1. The summed E-state index contributed by atoms with van der Waals surface area (Å²) in [5.74, 6) is 0.816. The van der Waals surface area contributed by atoms with Crippen LogP contribution in [-0.2, 0) is 4.79 Å². The van der Waals surface area contributed by atoms with Crippen LogP contribution in [0.3, 0.4) is 0 Å². The summed E-state index contributed by atoms with van der Waals surface area (Å²) in [6, 6.07) is 14.5. The Morgan fingerprint density at radius 2 is 2.15 bits per heavy atom. The van der Waals surface area contributed by atoms with Gasteiger partial charge in [-0.25, -0.2) is 4.98 Å². The number of ether oxygens (including phenoxy) is 2. The van der Waals surface area contributed by atoms with Gasteiger partial charge in [0.05, 0.1) is 22.4 Å². The second kappa shape index (κ2) is 7.85. The van der Waals surface area contributed by atoms with Crippen molar-refractivity contribution in [2.75, 3.05) is 11.9 Å². The van der Waals surface area contributed by atoms with Gasteiger partial charge in [0.15, 0.2) is 11.2 Å². The highest BCUT2D eigenvalue weighted by Crippen LogP contribution is 2.29. The largest absolute Gasteiger partial charge is 0.494 e. The van der Waals surface area contributed by atoms with Crippen molar-refractivity contribution in [3.63, 3.8) is 0 Å². The lowest BCUT2D eigenvalue weighted by Gasteiger charge is -2.14. The van der Waals surface area contributed by atoms with Crippen molar-refractivity contribution in [1.82, 2.24) is 4.98 Å². The minimum Gasteiger partial charge on any atom is -0.494 e. The molecule has 3 aromatic rings. The number of nitrogens with one attached hydrogen (secondary N) is 1. The van der Waals surface area contributed by atoms with Gasteiger partial charge in [-0.05, 0) is 44.2 Å². The van der Waals surface area contributed by atoms with Crippen LogP contribution in [0.4, 0.5) is 5.13 Å². The molecule has 0 aliphatic rings. The first-order valence-corrected chi connectivity index (χ1v) is 8.92. The SMILES string of the molecule is CCOc1ccc2nc(NC(=O)C(C)Oc3ccccc3C#N)sc2c1. The van der Waals surface area contributed by atoms with Gasteiger partial charge in [0.1, 0.15) is 17.6 Å². The number of carbonyl (C=O) groups excluding carboxylic acids is 1. The number of rotatable bonds is 6. The van der Waals surface area contributed by atoms with Crippen molar-refractivity contribution in [2.24, 2.45) is 0 Å². The zero-order valence-electron chi connectivity index (χ0n) is 14.4. The Labute approximate surface area is 155 Å². The third kappa shape index (κ3) is 3.92. The first-order valence-electron chi connectivity index (χ1n) is 8.10. The van der Waals surface area contributed by atoms with E-state index >= 15 is 0 Å². The monoisotopic (exact) mass is 367 g/mol. The van der Waals surface area contributed by atoms with E-state index in [4.69, 9.17) is 14.7 Å². The molecular formula is C19H17N3O3S. The fraction of sp³-hybridized carbons (Fsp3) is 0.211. The van der Waals surface area contributed by atoms with Crippen LogP contribution >= 0.6 is 11.3 Å². The number of nitriles is 1. The van der Waals surface area contributed by atoms with E-state index in [9.17, 15) is 4.79 Å².